The minimum atomic E-state index is -0.425. The van der Waals surface area contributed by atoms with Crippen molar-refractivity contribution in [3.8, 4) is 0 Å². The van der Waals surface area contributed by atoms with Crippen LogP contribution in [0.2, 0.25) is 5.02 Å². The van der Waals surface area contributed by atoms with E-state index in [1.54, 1.807) is 0 Å². The van der Waals surface area contributed by atoms with Crippen LogP contribution in [-0.4, -0.2) is 0 Å². The van der Waals surface area contributed by atoms with Crippen molar-refractivity contribution in [2.45, 2.75) is 18.9 Å². The minimum Gasteiger partial charge on any atom is -0.321 e. The Labute approximate surface area is 121 Å². The lowest BCUT2D eigenvalue weighted by Gasteiger charge is -2.25. The van der Waals surface area contributed by atoms with Gasteiger partial charge in [0.2, 0.25) is 0 Å². The molecule has 0 heterocycles. The summed E-state index contributed by atoms with van der Waals surface area (Å²) in [5.74, 6) is 0. The van der Waals surface area contributed by atoms with Crippen molar-refractivity contribution >= 4 is 27.5 Å². The van der Waals surface area contributed by atoms with Crippen molar-refractivity contribution in [1.82, 2.24) is 0 Å². The average molecular weight is 325 g/mol. The zero-order chi connectivity index (χ0) is 13.2. The van der Waals surface area contributed by atoms with Crippen LogP contribution < -0.4 is 5.73 Å². The average Bonchev–Trinajstić information content (AvgIpc) is 2.28. The molecule has 0 aliphatic rings. The molecule has 18 heavy (non-hydrogen) atoms. The third-order valence-corrected chi connectivity index (χ3v) is 3.67. The van der Waals surface area contributed by atoms with Gasteiger partial charge in [0.15, 0.2) is 0 Å². The molecule has 3 heteroatoms. The first-order valence-electron chi connectivity index (χ1n) is 5.77. The highest BCUT2D eigenvalue weighted by atomic mass is 79.9. The van der Waals surface area contributed by atoms with Crippen LogP contribution in [0, 0.1) is 0 Å². The van der Waals surface area contributed by atoms with E-state index >= 15 is 0 Å². The molecule has 0 aromatic heterocycles. The minimum absolute atomic E-state index is 0.425. The smallest absolute Gasteiger partial charge is 0.0422 e. The summed E-state index contributed by atoms with van der Waals surface area (Å²) >= 11 is 9.49. The highest BCUT2D eigenvalue weighted by molar-refractivity contribution is 9.10. The third-order valence-electron chi connectivity index (χ3n) is 2.94. The van der Waals surface area contributed by atoms with Crippen molar-refractivity contribution in [3.63, 3.8) is 0 Å². The van der Waals surface area contributed by atoms with Crippen molar-refractivity contribution in [2.75, 3.05) is 0 Å². The normalized spacial score (nSPS) is 14.2. The first-order valence-corrected chi connectivity index (χ1v) is 6.94. The number of halogens is 2. The Kier molecular flexibility index (Phi) is 4.10. The maximum Gasteiger partial charge on any atom is 0.0422 e. The van der Waals surface area contributed by atoms with Crippen LogP contribution >= 0.6 is 27.5 Å². The van der Waals surface area contributed by atoms with E-state index in [9.17, 15) is 0 Å². The largest absolute Gasteiger partial charge is 0.321 e. The van der Waals surface area contributed by atoms with Gasteiger partial charge in [-0.3, -0.25) is 0 Å². The predicted octanol–water partition coefficient (Wildman–Crippen LogP) is 4.52. The monoisotopic (exact) mass is 323 g/mol. The second kappa shape index (κ2) is 5.43. The Bertz CT molecular complexity index is 552. The summed E-state index contributed by atoms with van der Waals surface area (Å²) in [6.07, 6.45) is 0.771. The molecule has 0 aliphatic carbocycles. The molecule has 2 rings (SSSR count). The maximum atomic E-state index is 6.42. The van der Waals surface area contributed by atoms with Gasteiger partial charge in [-0.1, -0.05) is 51.8 Å². The van der Waals surface area contributed by atoms with Crippen LogP contribution in [0.3, 0.4) is 0 Å². The first-order chi connectivity index (χ1) is 8.47. The van der Waals surface area contributed by atoms with Crippen molar-refractivity contribution in [3.05, 3.63) is 69.2 Å². The van der Waals surface area contributed by atoms with Gasteiger partial charge in [0, 0.05) is 15.0 Å². The van der Waals surface area contributed by atoms with Gasteiger partial charge in [0.25, 0.3) is 0 Å². The molecule has 0 saturated carbocycles. The van der Waals surface area contributed by atoms with E-state index in [1.165, 1.54) is 5.56 Å². The summed E-state index contributed by atoms with van der Waals surface area (Å²) in [6, 6.07) is 16.0. The molecular weight excluding hydrogens is 310 g/mol. The van der Waals surface area contributed by atoms with E-state index in [0.29, 0.717) is 0 Å². The van der Waals surface area contributed by atoms with Gasteiger partial charge in [-0.2, -0.15) is 0 Å². The van der Waals surface area contributed by atoms with Gasteiger partial charge in [0.05, 0.1) is 0 Å². The van der Waals surface area contributed by atoms with E-state index in [1.807, 2.05) is 43.3 Å². The van der Waals surface area contributed by atoms with E-state index < -0.39 is 5.54 Å². The van der Waals surface area contributed by atoms with Gasteiger partial charge >= 0.3 is 0 Å². The molecule has 2 aromatic rings. The Morgan fingerprint density at radius 2 is 1.89 bits per heavy atom. The molecule has 2 N–H and O–H groups in total. The van der Waals surface area contributed by atoms with E-state index in [0.717, 1.165) is 21.5 Å². The standard InChI is InChI=1S/C15H15BrClN/c1-15(18,12-5-3-7-14(17)9-12)10-11-4-2-6-13(16)8-11/h2-9H,10,18H2,1H3. The van der Waals surface area contributed by atoms with Crippen molar-refractivity contribution < 1.29 is 0 Å². The van der Waals surface area contributed by atoms with Crippen molar-refractivity contribution in [2.24, 2.45) is 5.73 Å². The van der Waals surface area contributed by atoms with Gasteiger partial charge < -0.3 is 5.73 Å². The lowest BCUT2D eigenvalue weighted by Crippen LogP contribution is -2.35. The van der Waals surface area contributed by atoms with Crippen LogP contribution in [0.25, 0.3) is 0 Å². The SMILES string of the molecule is CC(N)(Cc1cccc(Br)c1)c1cccc(Cl)c1. The number of nitrogens with two attached hydrogens (primary N) is 1. The molecule has 0 saturated heterocycles. The summed E-state index contributed by atoms with van der Waals surface area (Å²) < 4.78 is 1.07. The molecule has 1 nitrogen and oxygen atoms in total. The van der Waals surface area contributed by atoms with Crippen LogP contribution in [0.5, 0.6) is 0 Å². The molecule has 0 bridgehead atoms. The van der Waals surface area contributed by atoms with Crippen LogP contribution in [0.1, 0.15) is 18.1 Å². The Hall–Kier alpha value is -0.830. The summed E-state index contributed by atoms with van der Waals surface area (Å²) in [4.78, 5) is 0. The topological polar surface area (TPSA) is 26.0 Å². The molecule has 1 unspecified atom stereocenters. The highest BCUT2D eigenvalue weighted by Crippen LogP contribution is 2.26. The van der Waals surface area contributed by atoms with E-state index in [2.05, 4.69) is 28.1 Å². The second-order valence-corrected chi connectivity index (χ2v) is 6.09. The predicted molar refractivity (Wildman–Crippen MR) is 80.8 cm³/mol. The molecule has 0 fully saturated rings. The molecule has 0 amide bonds. The Balaban J connectivity index is 2.26. The summed E-state index contributed by atoms with van der Waals surface area (Å²) in [5.41, 5.74) is 8.24. The quantitative estimate of drug-likeness (QED) is 0.882. The molecule has 0 radical (unpaired) electrons. The molecule has 0 aliphatic heterocycles. The Morgan fingerprint density at radius 3 is 2.56 bits per heavy atom. The molecule has 0 spiro atoms. The molecular formula is C15H15BrClN. The number of hydrogen-bond acceptors (Lipinski definition) is 1. The van der Waals surface area contributed by atoms with E-state index in [4.69, 9.17) is 17.3 Å². The first kappa shape index (κ1) is 13.6. The third kappa shape index (κ3) is 3.35. The lowest BCUT2D eigenvalue weighted by molar-refractivity contribution is 0.491. The number of benzene rings is 2. The zero-order valence-corrected chi connectivity index (χ0v) is 12.5. The van der Waals surface area contributed by atoms with E-state index in [-0.39, 0.29) is 0 Å². The van der Waals surface area contributed by atoms with Gasteiger partial charge in [-0.25, -0.2) is 0 Å². The lowest BCUT2D eigenvalue weighted by atomic mass is 9.87. The van der Waals surface area contributed by atoms with Gasteiger partial charge in [-0.15, -0.1) is 0 Å². The highest BCUT2D eigenvalue weighted by Gasteiger charge is 2.21. The Morgan fingerprint density at radius 1 is 1.17 bits per heavy atom. The van der Waals surface area contributed by atoms with Gasteiger partial charge in [-0.05, 0) is 48.7 Å². The fourth-order valence-electron chi connectivity index (χ4n) is 2.02. The molecule has 2 aromatic carbocycles. The summed E-state index contributed by atoms with van der Waals surface area (Å²) in [7, 11) is 0. The van der Waals surface area contributed by atoms with Crippen molar-refractivity contribution in [1.29, 1.82) is 0 Å². The second-order valence-electron chi connectivity index (χ2n) is 4.73. The summed E-state index contributed by atoms with van der Waals surface area (Å²) in [6.45, 7) is 2.03. The zero-order valence-electron chi connectivity index (χ0n) is 10.2. The van der Waals surface area contributed by atoms with Crippen LogP contribution in [-0.2, 0) is 12.0 Å². The number of hydrogen-bond donors (Lipinski definition) is 1. The fourth-order valence-corrected chi connectivity index (χ4v) is 2.65. The van der Waals surface area contributed by atoms with Crippen LogP contribution in [0.15, 0.2) is 53.0 Å². The maximum absolute atomic E-state index is 6.42. The molecule has 94 valence electrons. The molecule has 1 atom stereocenters. The summed E-state index contributed by atoms with van der Waals surface area (Å²) in [5, 5.41) is 0.721. The number of rotatable bonds is 3. The fraction of sp³-hybridized carbons (Fsp3) is 0.200. The van der Waals surface area contributed by atoms with Gasteiger partial charge in [0.1, 0.15) is 0 Å². The van der Waals surface area contributed by atoms with Crippen LogP contribution in [0.4, 0.5) is 0 Å².